The maximum atomic E-state index is 5.40. The molecule has 1 fully saturated rings. The van der Waals surface area contributed by atoms with Crippen LogP contribution in [-0.4, -0.2) is 6.54 Å². The first-order valence-electron chi connectivity index (χ1n) is 11.8. The van der Waals surface area contributed by atoms with E-state index in [0.29, 0.717) is 0 Å². The molecule has 0 heterocycles. The van der Waals surface area contributed by atoms with Gasteiger partial charge in [0.25, 0.3) is 0 Å². The van der Waals surface area contributed by atoms with Crippen LogP contribution in [0, 0.1) is 11.8 Å². The van der Waals surface area contributed by atoms with E-state index in [-0.39, 0.29) is 0 Å². The van der Waals surface area contributed by atoms with Gasteiger partial charge in [-0.3, -0.25) is 11.3 Å². The second kappa shape index (κ2) is 17.3. The standard InChI is InChI=1S/C23H48N2/c1-2-3-12-17-22-18-13-9-7-5-4-6-8-10-14-19-23(22)20-15-11-16-21-25-24/h22-23,25H,2-21,24H2,1H3. The Morgan fingerprint density at radius 2 is 1.12 bits per heavy atom. The Kier molecular flexibility index (Phi) is 15.9. The highest BCUT2D eigenvalue weighted by Crippen LogP contribution is 2.33. The normalized spacial score (nSPS) is 24.2. The van der Waals surface area contributed by atoms with Crippen LogP contribution in [0.3, 0.4) is 0 Å². The van der Waals surface area contributed by atoms with Gasteiger partial charge in [0.15, 0.2) is 0 Å². The molecule has 0 bridgehead atoms. The summed E-state index contributed by atoms with van der Waals surface area (Å²) in [6.07, 6.45) is 27.6. The highest BCUT2D eigenvalue weighted by Gasteiger charge is 2.20. The molecule has 0 radical (unpaired) electrons. The van der Waals surface area contributed by atoms with E-state index in [1.807, 2.05) is 0 Å². The molecule has 0 amide bonds. The zero-order valence-corrected chi connectivity index (χ0v) is 17.4. The summed E-state index contributed by atoms with van der Waals surface area (Å²) in [6, 6.07) is 0. The van der Waals surface area contributed by atoms with E-state index < -0.39 is 0 Å². The molecule has 150 valence electrons. The van der Waals surface area contributed by atoms with Crippen LogP contribution >= 0.6 is 0 Å². The molecule has 2 nitrogen and oxygen atoms in total. The van der Waals surface area contributed by atoms with Crippen molar-refractivity contribution < 1.29 is 0 Å². The molecular formula is C23H48N2. The number of unbranched alkanes of at least 4 members (excludes halogenated alkanes) is 4. The van der Waals surface area contributed by atoms with Crippen molar-refractivity contribution in [1.82, 2.24) is 5.43 Å². The quantitative estimate of drug-likeness (QED) is 0.249. The van der Waals surface area contributed by atoms with Gasteiger partial charge in [0.2, 0.25) is 0 Å². The fourth-order valence-electron chi connectivity index (χ4n) is 4.75. The highest BCUT2D eigenvalue weighted by atomic mass is 15.2. The van der Waals surface area contributed by atoms with Crippen molar-refractivity contribution in [3.8, 4) is 0 Å². The third-order valence-corrected chi connectivity index (χ3v) is 6.39. The molecule has 3 N–H and O–H groups in total. The summed E-state index contributed by atoms with van der Waals surface area (Å²) in [5.41, 5.74) is 2.80. The lowest BCUT2D eigenvalue weighted by Crippen LogP contribution is -2.22. The van der Waals surface area contributed by atoms with Gasteiger partial charge in [-0.05, 0) is 18.3 Å². The van der Waals surface area contributed by atoms with Crippen LogP contribution in [0.5, 0.6) is 0 Å². The zero-order chi connectivity index (χ0) is 18.0. The number of hydrazine groups is 1. The van der Waals surface area contributed by atoms with Crippen LogP contribution in [0.15, 0.2) is 0 Å². The van der Waals surface area contributed by atoms with Gasteiger partial charge < -0.3 is 0 Å². The molecule has 1 aliphatic rings. The summed E-state index contributed by atoms with van der Waals surface area (Å²) < 4.78 is 0. The van der Waals surface area contributed by atoms with Gasteiger partial charge in [0.05, 0.1) is 0 Å². The topological polar surface area (TPSA) is 38.0 Å². The Labute approximate surface area is 159 Å². The molecule has 2 heteroatoms. The Hall–Kier alpha value is -0.0800. The largest absolute Gasteiger partial charge is 0.271 e. The summed E-state index contributed by atoms with van der Waals surface area (Å²) in [4.78, 5) is 0. The molecule has 1 rings (SSSR count). The molecular weight excluding hydrogens is 304 g/mol. The minimum absolute atomic E-state index is 0.977. The van der Waals surface area contributed by atoms with Gasteiger partial charge in [0, 0.05) is 6.54 Å². The summed E-state index contributed by atoms with van der Waals surface area (Å²) in [5, 5.41) is 0. The van der Waals surface area contributed by atoms with Crippen LogP contribution in [-0.2, 0) is 0 Å². The molecule has 2 unspecified atom stereocenters. The highest BCUT2D eigenvalue weighted by molar-refractivity contribution is 4.72. The van der Waals surface area contributed by atoms with Crippen molar-refractivity contribution in [1.29, 1.82) is 0 Å². The van der Waals surface area contributed by atoms with Gasteiger partial charge >= 0.3 is 0 Å². The van der Waals surface area contributed by atoms with Crippen molar-refractivity contribution >= 4 is 0 Å². The van der Waals surface area contributed by atoms with Gasteiger partial charge in [-0.1, -0.05) is 122 Å². The van der Waals surface area contributed by atoms with E-state index in [1.54, 1.807) is 0 Å². The molecule has 0 saturated heterocycles. The molecule has 2 atom stereocenters. The molecule has 0 aromatic rings. The lowest BCUT2D eigenvalue weighted by molar-refractivity contribution is 0.238. The molecule has 0 aromatic heterocycles. The van der Waals surface area contributed by atoms with Crippen LogP contribution in [0.1, 0.15) is 129 Å². The first-order chi connectivity index (χ1) is 12.4. The number of hydrogen-bond acceptors (Lipinski definition) is 2. The summed E-state index contributed by atoms with van der Waals surface area (Å²) in [7, 11) is 0. The number of rotatable bonds is 10. The average molecular weight is 353 g/mol. The minimum Gasteiger partial charge on any atom is -0.271 e. The molecule has 1 saturated carbocycles. The third-order valence-electron chi connectivity index (χ3n) is 6.39. The lowest BCUT2D eigenvalue weighted by Gasteiger charge is -2.28. The number of nitrogens with one attached hydrogen (secondary N) is 1. The van der Waals surface area contributed by atoms with Gasteiger partial charge in [-0.15, -0.1) is 0 Å². The Morgan fingerprint density at radius 1 is 0.640 bits per heavy atom. The molecule has 1 aliphatic carbocycles. The SMILES string of the molecule is CCCCCC1CCCCCCCCCCCC1CCCCCNN. The Bertz CT molecular complexity index is 267. The third kappa shape index (κ3) is 12.8. The molecule has 0 spiro atoms. The van der Waals surface area contributed by atoms with E-state index >= 15 is 0 Å². The van der Waals surface area contributed by atoms with E-state index in [0.717, 1.165) is 18.4 Å². The lowest BCUT2D eigenvalue weighted by atomic mass is 9.78. The van der Waals surface area contributed by atoms with Crippen LogP contribution in [0.25, 0.3) is 0 Å². The van der Waals surface area contributed by atoms with E-state index in [4.69, 9.17) is 5.84 Å². The van der Waals surface area contributed by atoms with Crippen molar-refractivity contribution in [2.75, 3.05) is 6.54 Å². The smallest absolute Gasteiger partial charge is 0.00974 e. The van der Waals surface area contributed by atoms with Crippen molar-refractivity contribution in [2.24, 2.45) is 17.7 Å². The second-order valence-electron chi connectivity index (χ2n) is 8.58. The zero-order valence-electron chi connectivity index (χ0n) is 17.4. The Morgan fingerprint density at radius 3 is 1.60 bits per heavy atom. The van der Waals surface area contributed by atoms with E-state index in [9.17, 15) is 0 Å². The van der Waals surface area contributed by atoms with Crippen molar-refractivity contribution in [2.45, 2.75) is 129 Å². The van der Waals surface area contributed by atoms with Crippen molar-refractivity contribution in [3.63, 3.8) is 0 Å². The maximum Gasteiger partial charge on any atom is 0.00974 e. The van der Waals surface area contributed by atoms with E-state index in [2.05, 4.69) is 12.3 Å². The number of nitrogens with two attached hydrogens (primary N) is 1. The predicted octanol–water partition coefficient (Wildman–Crippen LogP) is 7.13. The van der Waals surface area contributed by atoms with Gasteiger partial charge in [-0.2, -0.15) is 0 Å². The first kappa shape index (κ1) is 23.0. The summed E-state index contributed by atoms with van der Waals surface area (Å²) in [6.45, 7) is 3.32. The Balaban J connectivity index is 2.49. The summed E-state index contributed by atoms with van der Waals surface area (Å²) in [5.74, 6) is 7.42. The van der Waals surface area contributed by atoms with Gasteiger partial charge in [0.1, 0.15) is 0 Å². The molecule has 0 aliphatic heterocycles. The fourth-order valence-corrected chi connectivity index (χ4v) is 4.75. The van der Waals surface area contributed by atoms with Crippen molar-refractivity contribution in [3.05, 3.63) is 0 Å². The molecule has 25 heavy (non-hydrogen) atoms. The summed E-state index contributed by atoms with van der Waals surface area (Å²) >= 11 is 0. The second-order valence-corrected chi connectivity index (χ2v) is 8.58. The maximum absolute atomic E-state index is 5.40. The number of hydrogen-bond donors (Lipinski definition) is 2. The minimum atomic E-state index is 0.977. The fraction of sp³-hybridized carbons (Fsp3) is 1.00. The monoisotopic (exact) mass is 352 g/mol. The van der Waals surface area contributed by atoms with E-state index in [1.165, 1.54) is 122 Å². The predicted molar refractivity (Wildman–Crippen MR) is 113 cm³/mol. The van der Waals surface area contributed by atoms with Crippen LogP contribution < -0.4 is 11.3 Å². The first-order valence-corrected chi connectivity index (χ1v) is 11.8. The molecule has 0 aromatic carbocycles. The average Bonchev–Trinajstić information content (AvgIpc) is 2.64. The van der Waals surface area contributed by atoms with Gasteiger partial charge in [-0.25, -0.2) is 0 Å². The van der Waals surface area contributed by atoms with Crippen LogP contribution in [0.4, 0.5) is 0 Å². The van der Waals surface area contributed by atoms with Crippen LogP contribution in [0.2, 0.25) is 0 Å².